The third kappa shape index (κ3) is 7.50. The van der Waals surface area contributed by atoms with Gasteiger partial charge in [0.05, 0.1) is 11.4 Å². The van der Waals surface area contributed by atoms with Gasteiger partial charge >= 0.3 is 6.03 Å². The number of hydrogen-bond donors (Lipinski definition) is 8. The number of urea groups is 1. The van der Waals surface area contributed by atoms with Crippen LogP contribution < -0.4 is 21.3 Å². The normalized spacial score (nSPS) is 11.6. The molecule has 15 nitrogen and oxygen atoms in total. The van der Waals surface area contributed by atoms with Gasteiger partial charge in [-0.1, -0.05) is 60.7 Å². The summed E-state index contributed by atoms with van der Waals surface area (Å²) in [5.74, 6) is -3.15. The zero-order valence-corrected chi connectivity index (χ0v) is 29.8. The molecule has 0 radical (unpaired) electrons. The number of nitrogens with one attached hydrogen (secondary N) is 4. The fourth-order valence-electron chi connectivity index (χ4n) is 5.88. The molecule has 6 aromatic carbocycles. The number of phenolic OH excluding ortho intramolecular Hbond substituents is 2. The lowest BCUT2D eigenvalue weighted by atomic mass is 10.1. The molecule has 0 aromatic heterocycles. The molecule has 0 saturated heterocycles. The Labute approximate surface area is 307 Å². The van der Waals surface area contributed by atoms with Crippen molar-refractivity contribution in [2.45, 2.75) is 23.6 Å². The van der Waals surface area contributed by atoms with Crippen molar-refractivity contribution in [3.05, 3.63) is 119 Å². The van der Waals surface area contributed by atoms with Crippen molar-refractivity contribution in [2.75, 3.05) is 10.6 Å². The van der Waals surface area contributed by atoms with Crippen molar-refractivity contribution < 1.29 is 50.5 Å². The molecule has 0 saturated carbocycles. The summed E-state index contributed by atoms with van der Waals surface area (Å²) >= 11 is 0. The number of imide groups is 2. The molecule has 8 N–H and O–H groups in total. The molecular weight excluding hydrogens is 741 g/mol. The smallest absolute Gasteiger partial charge is 0.328 e. The Hall–Kier alpha value is -6.53. The molecule has 0 aliphatic rings. The lowest BCUT2D eigenvalue weighted by molar-refractivity contribution is 0.0944. The van der Waals surface area contributed by atoms with Crippen molar-refractivity contribution >= 4 is 82.4 Å². The Morgan fingerprint density at radius 1 is 0.500 bits per heavy atom. The maximum atomic E-state index is 13.1. The van der Waals surface area contributed by atoms with Gasteiger partial charge in [-0.3, -0.25) is 29.3 Å². The average molecular weight is 771 g/mol. The van der Waals surface area contributed by atoms with Crippen LogP contribution in [0, 0.1) is 13.8 Å². The maximum Gasteiger partial charge on any atom is 0.328 e. The predicted molar refractivity (Wildman–Crippen MR) is 200 cm³/mol. The van der Waals surface area contributed by atoms with Gasteiger partial charge < -0.3 is 20.8 Å². The first-order chi connectivity index (χ1) is 25.4. The Bertz CT molecular complexity index is 2600. The molecule has 0 spiro atoms. The van der Waals surface area contributed by atoms with Crippen molar-refractivity contribution in [2.24, 2.45) is 0 Å². The van der Waals surface area contributed by atoms with Crippen molar-refractivity contribution in [3.8, 4) is 11.5 Å². The second-order valence-corrected chi connectivity index (χ2v) is 14.8. The van der Waals surface area contributed by atoms with Crippen LogP contribution in [0.2, 0.25) is 0 Å². The third-order valence-electron chi connectivity index (χ3n) is 8.46. The van der Waals surface area contributed by atoms with Gasteiger partial charge in [-0.25, -0.2) is 4.79 Å². The highest BCUT2D eigenvalue weighted by Gasteiger charge is 2.24. The summed E-state index contributed by atoms with van der Waals surface area (Å²) in [6, 6.07) is 22.2. The number of rotatable bonds is 8. The molecule has 54 heavy (non-hydrogen) atoms. The Kier molecular flexibility index (Phi) is 9.74. The molecule has 0 aliphatic heterocycles. The largest absolute Gasteiger partial charge is 0.506 e. The summed E-state index contributed by atoms with van der Waals surface area (Å²) < 4.78 is 67.3. The van der Waals surface area contributed by atoms with E-state index >= 15 is 0 Å². The quantitative estimate of drug-likeness (QED) is 0.0795. The van der Waals surface area contributed by atoms with E-state index in [1.807, 2.05) is 0 Å². The number of aromatic hydroxyl groups is 2. The van der Waals surface area contributed by atoms with Gasteiger partial charge in [-0.2, -0.15) is 16.8 Å². The average Bonchev–Trinajstić information content (AvgIpc) is 3.08. The first-order valence-electron chi connectivity index (χ1n) is 15.8. The minimum absolute atomic E-state index is 0.00565. The van der Waals surface area contributed by atoms with Crippen molar-refractivity contribution in [3.63, 3.8) is 0 Å². The highest BCUT2D eigenvalue weighted by Crippen LogP contribution is 2.40. The number of benzene rings is 6. The first-order valence-corrected chi connectivity index (χ1v) is 18.7. The maximum absolute atomic E-state index is 13.1. The van der Waals surface area contributed by atoms with Gasteiger partial charge in [-0.15, -0.1) is 0 Å². The second kappa shape index (κ2) is 14.1. The Morgan fingerprint density at radius 2 is 0.852 bits per heavy atom. The lowest BCUT2D eigenvalue weighted by Gasteiger charge is -2.16. The number of carbonyl (C=O) groups is 3. The molecular formula is C37H30N4O11S2. The van der Waals surface area contributed by atoms with E-state index in [2.05, 4.69) is 21.3 Å². The van der Waals surface area contributed by atoms with Crippen LogP contribution in [0.15, 0.2) is 107 Å². The fourth-order valence-corrected chi connectivity index (χ4v) is 7.44. The van der Waals surface area contributed by atoms with Crippen molar-refractivity contribution in [1.82, 2.24) is 10.6 Å². The van der Waals surface area contributed by atoms with E-state index in [1.165, 1.54) is 48.5 Å². The first kappa shape index (κ1) is 37.2. The summed E-state index contributed by atoms with van der Waals surface area (Å²) in [7, 11) is -9.55. The SMILES string of the molecule is Cc1ccc(C(=O)NC(=O)NC(=O)c2ccc(C)c(Nc3cc(O)c(S(=O)(=O)O)c4ccccc34)c2)cc1Nc1cc(O)c(S(=O)(=O)O)c2ccccc12. The number of fused-ring (bicyclic) bond motifs is 2. The van der Waals surface area contributed by atoms with Crippen LogP contribution in [0.3, 0.4) is 0 Å². The van der Waals surface area contributed by atoms with E-state index in [4.69, 9.17) is 0 Å². The highest BCUT2D eigenvalue weighted by molar-refractivity contribution is 7.86. The minimum Gasteiger partial charge on any atom is -0.506 e. The minimum atomic E-state index is -4.77. The molecule has 276 valence electrons. The summed E-state index contributed by atoms with van der Waals surface area (Å²) in [6.07, 6.45) is 0. The van der Waals surface area contributed by atoms with E-state index in [-0.39, 0.29) is 33.3 Å². The van der Waals surface area contributed by atoms with Crippen LogP contribution in [0.1, 0.15) is 31.8 Å². The zero-order chi connectivity index (χ0) is 39.1. The summed E-state index contributed by atoms with van der Waals surface area (Å²) in [4.78, 5) is 37.7. The van der Waals surface area contributed by atoms with Gasteiger partial charge in [0.15, 0.2) is 0 Å². The molecule has 0 heterocycles. The second-order valence-electron chi connectivity index (χ2n) is 12.1. The van der Waals surface area contributed by atoms with E-state index < -0.39 is 59.4 Å². The van der Waals surface area contributed by atoms with E-state index in [9.17, 15) is 50.5 Å². The molecule has 0 fully saturated rings. The van der Waals surface area contributed by atoms with Gasteiger partial charge in [-0.05, 0) is 49.2 Å². The van der Waals surface area contributed by atoms with Crippen LogP contribution in [-0.4, -0.2) is 54.0 Å². The summed E-state index contributed by atoms with van der Waals surface area (Å²) in [6.45, 7) is 3.43. The lowest BCUT2D eigenvalue weighted by Crippen LogP contribution is -2.42. The molecule has 0 aliphatic carbocycles. The van der Waals surface area contributed by atoms with Crippen LogP contribution >= 0.6 is 0 Å². The van der Waals surface area contributed by atoms with Crippen molar-refractivity contribution in [1.29, 1.82) is 0 Å². The number of aryl methyl sites for hydroxylation is 2. The van der Waals surface area contributed by atoms with Gasteiger partial charge in [0, 0.05) is 56.2 Å². The van der Waals surface area contributed by atoms with Gasteiger partial charge in [0.25, 0.3) is 32.1 Å². The molecule has 17 heteroatoms. The summed E-state index contributed by atoms with van der Waals surface area (Å²) in [5, 5.41) is 32.1. The predicted octanol–water partition coefficient (Wildman–Crippen LogP) is 6.28. The Morgan fingerprint density at radius 3 is 1.20 bits per heavy atom. The number of carbonyl (C=O) groups excluding carboxylic acids is 3. The molecule has 4 amide bonds. The van der Waals surface area contributed by atoms with Gasteiger partial charge in [0.2, 0.25) is 0 Å². The highest BCUT2D eigenvalue weighted by atomic mass is 32.2. The van der Waals surface area contributed by atoms with Gasteiger partial charge in [0.1, 0.15) is 21.3 Å². The van der Waals surface area contributed by atoms with Crippen LogP contribution in [0.25, 0.3) is 21.5 Å². The Balaban J connectivity index is 1.19. The molecule has 0 atom stereocenters. The monoisotopic (exact) mass is 770 g/mol. The number of amides is 4. The molecule has 0 bridgehead atoms. The van der Waals surface area contributed by atoms with E-state index in [0.29, 0.717) is 33.3 Å². The van der Waals surface area contributed by atoms with Crippen LogP contribution in [0.5, 0.6) is 11.5 Å². The van der Waals surface area contributed by atoms with E-state index in [1.54, 1.807) is 50.2 Å². The molecule has 6 aromatic rings. The molecule has 0 unspecified atom stereocenters. The summed E-state index contributed by atoms with van der Waals surface area (Å²) in [5.41, 5.74) is 2.51. The van der Waals surface area contributed by atoms with Crippen LogP contribution in [0.4, 0.5) is 27.5 Å². The molecule has 6 rings (SSSR count). The number of hydrogen-bond acceptors (Lipinski definition) is 11. The number of phenols is 2. The van der Waals surface area contributed by atoms with E-state index in [0.717, 1.165) is 12.1 Å². The zero-order valence-electron chi connectivity index (χ0n) is 28.2. The third-order valence-corrected chi connectivity index (χ3v) is 10.3. The standard InChI is InChI=1S/C37H30N4O11S2/c1-19-11-13-21(15-27(19)38-29-17-31(42)33(53(47,48)49)25-9-5-3-7-23(25)29)35(44)40-37(46)41-36(45)22-14-12-20(2)28(16-22)39-30-18-32(43)34(54(50,51)52)26-10-6-4-8-24(26)30/h3-18,38-39,42-43H,1-2H3,(H,47,48,49)(H,50,51,52)(H2,40,41,44,45,46). The topological polar surface area (TPSA) is 249 Å². The fraction of sp³-hybridized carbons (Fsp3) is 0.0541. The van der Waals surface area contributed by atoms with Crippen LogP contribution in [-0.2, 0) is 20.2 Å². The number of anilines is 4.